The summed E-state index contributed by atoms with van der Waals surface area (Å²) in [6.45, 7) is 10.4. The number of rotatable bonds is 11. The van der Waals surface area contributed by atoms with Gasteiger partial charge in [0.25, 0.3) is 5.78 Å². The fourth-order valence-corrected chi connectivity index (χ4v) is 3.21. The lowest BCUT2D eigenvalue weighted by atomic mass is 10.0. The smallest absolute Gasteiger partial charge is 0.371 e. The van der Waals surface area contributed by atoms with Crippen LogP contribution in [-0.2, 0) is 0 Å². The Hall–Kier alpha value is -1.72. The van der Waals surface area contributed by atoms with Crippen LogP contribution in [0.3, 0.4) is 0 Å². The van der Waals surface area contributed by atoms with Crippen LogP contribution in [0.15, 0.2) is 18.2 Å². The Labute approximate surface area is 155 Å². The van der Waals surface area contributed by atoms with Crippen molar-refractivity contribution in [1.29, 1.82) is 0 Å². The molecule has 0 radical (unpaired) electrons. The summed E-state index contributed by atoms with van der Waals surface area (Å²) in [5.74, 6) is -1.75. The number of benzene rings is 1. The molecule has 0 N–H and O–H groups in total. The number of hydrogen-bond donors (Lipinski definition) is 0. The van der Waals surface area contributed by atoms with Crippen molar-refractivity contribution in [2.75, 3.05) is 36.0 Å². The first-order valence-corrected chi connectivity index (χ1v) is 9.56. The first kappa shape index (κ1) is 22.3. The van der Waals surface area contributed by atoms with Crippen LogP contribution in [-0.4, -0.2) is 38.1 Å². The topological polar surface area (TPSA) is 23.6 Å². The summed E-state index contributed by atoms with van der Waals surface area (Å²) in [5.41, 5.74) is 0.584. The van der Waals surface area contributed by atoms with Gasteiger partial charge in [-0.05, 0) is 37.8 Å². The molecule has 0 bridgehead atoms. The van der Waals surface area contributed by atoms with Crippen molar-refractivity contribution >= 4 is 17.2 Å². The Bertz CT molecular complexity index is 526. The zero-order chi connectivity index (χ0) is 19.7. The Morgan fingerprint density at radius 2 is 1.15 bits per heavy atom. The summed E-state index contributed by atoms with van der Waals surface area (Å²) < 4.78 is 40.1. The van der Waals surface area contributed by atoms with Crippen molar-refractivity contribution < 1.29 is 18.0 Å². The standard InChI is InChI=1S/C20H31F3N2O/c1-5-12-24(13-6-2)16-10-9-11-17(25(14-7-3)15-8-4)18(16)19(26)20(21,22)23/h9-11H,5-8,12-15H2,1-4H3. The fourth-order valence-electron chi connectivity index (χ4n) is 3.21. The van der Waals surface area contributed by atoms with Gasteiger partial charge in [-0.1, -0.05) is 33.8 Å². The van der Waals surface area contributed by atoms with E-state index in [0.29, 0.717) is 37.6 Å². The molecule has 3 nitrogen and oxygen atoms in total. The molecule has 0 saturated carbocycles. The van der Waals surface area contributed by atoms with Crippen molar-refractivity contribution in [3.63, 3.8) is 0 Å². The quantitative estimate of drug-likeness (QED) is 0.467. The van der Waals surface area contributed by atoms with Crippen LogP contribution in [0.4, 0.5) is 24.5 Å². The molecule has 0 atom stereocenters. The molecular weight excluding hydrogens is 341 g/mol. The lowest BCUT2D eigenvalue weighted by molar-refractivity contribution is -0.0884. The first-order chi connectivity index (χ1) is 12.3. The van der Waals surface area contributed by atoms with E-state index >= 15 is 0 Å². The number of alkyl halides is 3. The molecule has 0 aliphatic carbocycles. The molecule has 1 rings (SSSR count). The highest BCUT2D eigenvalue weighted by Crippen LogP contribution is 2.36. The highest BCUT2D eigenvalue weighted by atomic mass is 19.4. The van der Waals surface area contributed by atoms with E-state index in [4.69, 9.17) is 0 Å². The Morgan fingerprint density at radius 1 is 0.808 bits per heavy atom. The van der Waals surface area contributed by atoms with E-state index in [1.54, 1.807) is 18.2 Å². The molecular formula is C20H31F3N2O. The average molecular weight is 372 g/mol. The molecule has 0 aromatic heterocycles. The van der Waals surface area contributed by atoms with Gasteiger partial charge in [0.2, 0.25) is 0 Å². The van der Waals surface area contributed by atoms with Gasteiger partial charge in [-0.2, -0.15) is 13.2 Å². The SMILES string of the molecule is CCCN(CCC)c1cccc(N(CCC)CCC)c1C(=O)C(F)(F)F. The molecule has 1 aromatic carbocycles. The molecule has 26 heavy (non-hydrogen) atoms. The van der Waals surface area contributed by atoms with Gasteiger partial charge in [0, 0.05) is 26.2 Å². The van der Waals surface area contributed by atoms with Gasteiger partial charge in [-0.3, -0.25) is 4.79 Å². The predicted molar refractivity (Wildman–Crippen MR) is 102 cm³/mol. The van der Waals surface area contributed by atoms with Crippen LogP contribution in [0.25, 0.3) is 0 Å². The van der Waals surface area contributed by atoms with E-state index < -0.39 is 12.0 Å². The molecule has 0 amide bonds. The number of hydrogen-bond acceptors (Lipinski definition) is 3. The van der Waals surface area contributed by atoms with Crippen LogP contribution in [0.1, 0.15) is 63.7 Å². The maximum atomic E-state index is 13.4. The van der Waals surface area contributed by atoms with Crippen LogP contribution in [0.2, 0.25) is 0 Å². The molecule has 0 unspecified atom stereocenters. The summed E-state index contributed by atoms with van der Waals surface area (Å²) in [5, 5.41) is 0. The monoisotopic (exact) mass is 372 g/mol. The van der Waals surface area contributed by atoms with E-state index in [1.165, 1.54) is 0 Å². The minimum Gasteiger partial charge on any atom is -0.371 e. The zero-order valence-electron chi connectivity index (χ0n) is 16.3. The lowest BCUT2D eigenvalue weighted by Gasteiger charge is -2.31. The molecule has 0 fully saturated rings. The Morgan fingerprint density at radius 3 is 1.42 bits per heavy atom. The number of anilines is 2. The third-order valence-corrected chi connectivity index (χ3v) is 4.16. The number of ketones is 1. The van der Waals surface area contributed by atoms with Crippen molar-refractivity contribution in [1.82, 2.24) is 0 Å². The molecule has 148 valence electrons. The van der Waals surface area contributed by atoms with Crippen LogP contribution in [0, 0.1) is 0 Å². The number of halogens is 3. The van der Waals surface area contributed by atoms with E-state index in [2.05, 4.69) is 0 Å². The first-order valence-electron chi connectivity index (χ1n) is 9.56. The van der Waals surface area contributed by atoms with Crippen LogP contribution in [0.5, 0.6) is 0 Å². The van der Waals surface area contributed by atoms with Gasteiger partial charge in [-0.25, -0.2) is 0 Å². The number of Topliss-reactive ketones (excluding diaryl/α,β-unsaturated/α-hetero) is 1. The summed E-state index contributed by atoms with van der Waals surface area (Å²) in [6.07, 6.45) is -1.68. The Kier molecular flexibility index (Phi) is 8.96. The molecule has 1 aromatic rings. The van der Waals surface area contributed by atoms with Gasteiger partial charge in [0.1, 0.15) is 0 Å². The van der Waals surface area contributed by atoms with Gasteiger partial charge >= 0.3 is 6.18 Å². The number of carbonyl (C=O) groups is 1. The maximum Gasteiger partial charge on any atom is 0.455 e. The zero-order valence-corrected chi connectivity index (χ0v) is 16.3. The fraction of sp³-hybridized carbons (Fsp3) is 0.650. The second-order valence-electron chi connectivity index (χ2n) is 6.47. The Balaban J connectivity index is 3.59. The molecule has 0 saturated heterocycles. The molecule has 0 spiro atoms. The summed E-state index contributed by atoms with van der Waals surface area (Å²) >= 11 is 0. The summed E-state index contributed by atoms with van der Waals surface area (Å²) in [6, 6.07) is 5.04. The summed E-state index contributed by atoms with van der Waals surface area (Å²) in [7, 11) is 0. The van der Waals surface area contributed by atoms with E-state index in [0.717, 1.165) is 25.7 Å². The van der Waals surface area contributed by atoms with Gasteiger partial charge in [-0.15, -0.1) is 0 Å². The van der Waals surface area contributed by atoms with E-state index in [-0.39, 0.29) is 5.56 Å². The van der Waals surface area contributed by atoms with Crippen molar-refractivity contribution in [3.8, 4) is 0 Å². The van der Waals surface area contributed by atoms with Crippen molar-refractivity contribution in [2.24, 2.45) is 0 Å². The lowest BCUT2D eigenvalue weighted by Crippen LogP contribution is -2.33. The van der Waals surface area contributed by atoms with Crippen molar-refractivity contribution in [2.45, 2.75) is 59.6 Å². The highest BCUT2D eigenvalue weighted by Gasteiger charge is 2.42. The molecule has 0 heterocycles. The highest BCUT2D eigenvalue weighted by molar-refractivity contribution is 6.09. The van der Waals surface area contributed by atoms with Crippen LogP contribution >= 0.6 is 0 Å². The normalized spacial score (nSPS) is 11.5. The predicted octanol–water partition coefficient (Wildman–Crippen LogP) is 5.68. The van der Waals surface area contributed by atoms with Gasteiger partial charge in [0.05, 0.1) is 16.9 Å². The van der Waals surface area contributed by atoms with Crippen LogP contribution < -0.4 is 9.80 Å². The molecule has 6 heteroatoms. The molecule has 0 aliphatic rings. The third kappa shape index (κ3) is 5.64. The average Bonchev–Trinajstić information content (AvgIpc) is 2.59. The number of nitrogens with zero attached hydrogens (tertiary/aromatic N) is 2. The second kappa shape index (κ2) is 10.4. The summed E-state index contributed by atoms with van der Waals surface area (Å²) in [4.78, 5) is 16.2. The number of carbonyl (C=O) groups excluding carboxylic acids is 1. The van der Waals surface area contributed by atoms with Gasteiger partial charge in [0.15, 0.2) is 0 Å². The maximum absolute atomic E-state index is 13.4. The van der Waals surface area contributed by atoms with E-state index in [9.17, 15) is 18.0 Å². The van der Waals surface area contributed by atoms with Crippen molar-refractivity contribution in [3.05, 3.63) is 23.8 Å². The second-order valence-corrected chi connectivity index (χ2v) is 6.47. The van der Waals surface area contributed by atoms with E-state index in [1.807, 2.05) is 37.5 Å². The molecule has 0 aliphatic heterocycles. The largest absolute Gasteiger partial charge is 0.455 e. The van der Waals surface area contributed by atoms with Gasteiger partial charge < -0.3 is 9.80 Å². The third-order valence-electron chi connectivity index (χ3n) is 4.16. The minimum atomic E-state index is -4.89. The minimum absolute atomic E-state index is 0.205.